The summed E-state index contributed by atoms with van der Waals surface area (Å²) in [7, 11) is 1.34. The maximum absolute atomic E-state index is 13.1. The Balaban J connectivity index is 1.75. The zero-order valence-corrected chi connectivity index (χ0v) is 16.9. The Labute approximate surface area is 179 Å². The minimum absolute atomic E-state index is 0.202. The van der Waals surface area contributed by atoms with Crippen molar-refractivity contribution in [1.82, 2.24) is 0 Å². The molecule has 1 aliphatic rings. The van der Waals surface area contributed by atoms with E-state index in [1.54, 1.807) is 30.3 Å². The number of anilines is 2. The zero-order chi connectivity index (χ0) is 22.0. The number of methoxy groups -OCH3 is 1. The van der Waals surface area contributed by atoms with Gasteiger partial charge < -0.3 is 20.7 Å². The van der Waals surface area contributed by atoms with E-state index in [1.807, 2.05) is 47.4 Å². The molecule has 0 aliphatic carbocycles. The molecular weight excluding hydrogens is 394 g/mol. The van der Waals surface area contributed by atoms with Crippen molar-refractivity contribution in [3.63, 3.8) is 0 Å². The fourth-order valence-electron chi connectivity index (χ4n) is 3.73. The van der Waals surface area contributed by atoms with Crippen LogP contribution in [0.25, 0.3) is 0 Å². The standard InChI is InChI=1S/C24H21N3O4/c1-31-24(30)17-9-7-15(8-10-17)14-27-20-12-11-18(22(25)28)13-19(20)26-23(29)21(27)16-5-3-2-4-6-16/h2-13,21H,14H2,1H3,(H2,25,28)(H,26,29)/t21-/m0/s1. The summed E-state index contributed by atoms with van der Waals surface area (Å²) < 4.78 is 4.75. The highest BCUT2D eigenvalue weighted by molar-refractivity contribution is 6.06. The van der Waals surface area contributed by atoms with Crippen LogP contribution in [0, 0.1) is 0 Å². The number of hydrogen-bond donors (Lipinski definition) is 2. The van der Waals surface area contributed by atoms with E-state index in [-0.39, 0.29) is 5.91 Å². The number of nitrogens with two attached hydrogens (primary N) is 1. The summed E-state index contributed by atoms with van der Waals surface area (Å²) in [5, 5.41) is 2.90. The predicted octanol–water partition coefficient (Wildman–Crippen LogP) is 3.27. The third kappa shape index (κ3) is 3.98. The molecule has 0 bridgehead atoms. The minimum atomic E-state index is -0.563. The van der Waals surface area contributed by atoms with Gasteiger partial charge in [0.25, 0.3) is 5.91 Å². The number of nitrogens with one attached hydrogen (secondary N) is 1. The Kier molecular flexibility index (Phi) is 5.41. The highest BCUT2D eigenvalue weighted by atomic mass is 16.5. The van der Waals surface area contributed by atoms with Crippen molar-refractivity contribution >= 4 is 29.2 Å². The van der Waals surface area contributed by atoms with Crippen LogP contribution in [-0.4, -0.2) is 24.9 Å². The first kappa shape index (κ1) is 20.2. The second-order valence-corrected chi connectivity index (χ2v) is 7.22. The monoisotopic (exact) mass is 415 g/mol. The number of carbonyl (C=O) groups excluding carboxylic acids is 3. The van der Waals surface area contributed by atoms with Crippen molar-refractivity contribution in [2.75, 3.05) is 17.3 Å². The molecular formula is C24H21N3O4. The van der Waals surface area contributed by atoms with Crippen LogP contribution in [0.5, 0.6) is 0 Å². The average molecular weight is 415 g/mol. The van der Waals surface area contributed by atoms with Gasteiger partial charge in [-0.15, -0.1) is 0 Å². The molecule has 0 unspecified atom stereocenters. The number of benzene rings is 3. The molecule has 3 aromatic carbocycles. The molecule has 7 heteroatoms. The molecule has 1 aliphatic heterocycles. The SMILES string of the molecule is COC(=O)c1ccc(CN2c3ccc(C(N)=O)cc3NC(=O)[C@@H]2c2ccccc2)cc1. The van der Waals surface area contributed by atoms with Crippen LogP contribution in [0.4, 0.5) is 11.4 Å². The maximum Gasteiger partial charge on any atom is 0.337 e. The quantitative estimate of drug-likeness (QED) is 0.623. The molecule has 7 nitrogen and oxygen atoms in total. The average Bonchev–Trinajstić information content (AvgIpc) is 2.79. The van der Waals surface area contributed by atoms with Gasteiger partial charge in [0.2, 0.25) is 5.91 Å². The molecule has 0 spiro atoms. The van der Waals surface area contributed by atoms with E-state index in [9.17, 15) is 14.4 Å². The van der Waals surface area contributed by atoms with Crippen molar-refractivity contribution in [1.29, 1.82) is 0 Å². The first-order valence-corrected chi connectivity index (χ1v) is 9.71. The lowest BCUT2D eigenvalue weighted by Gasteiger charge is -2.38. The van der Waals surface area contributed by atoms with Crippen molar-refractivity contribution in [3.05, 3.63) is 95.1 Å². The van der Waals surface area contributed by atoms with Gasteiger partial charge in [-0.2, -0.15) is 0 Å². The van der Waals surface area contributed by atoms with Crippen molar-refractivity contribution in [2.24, 2.45) is 5.73 Å². The smallest absolute Gasteiger partial charge is 0.337 e. The Bertz CT molecular complexity index is 1140. The fraction of sp³-hybridized carbons (Fsp3) is 0.125. The number of amides is 2. The summed E-state index contributed by atoms with van der Waals surface area (Å²) in [4.78, 5) is 38.4. The molecule has 31 heavy (non-hydrogen) atoms. The summed E-state index contributed by atoms with van der Waals surface area (Å²) >= 11 is 0. The fourth-order valence-corrected chi connectivity index (χ4v) is 3.73. The van der Waals surface area contributed by atoms with E-state index >= 15 is 0 Å². The van der Waals surface area contributed by atoms with Crippen molar-refractivity contribution in [2.45, 2.75) is 12.6 Å². The molecule has 3 N–H and O–H groups in total. The van der Waals surface area contributed by atoms with E-state index in [1.165, 1.54) is 7.11 Å². The predicted molar refractivity (Wildman–Crippen MR) is 117 cm³/mol. The summed E-state index contributed by atoms with van der Waals surface area (Å²) in [6, 6.07) is 21.0. The molecule has 0 fully saturated rings. The van der Waals surface area contributed by atoms with Crippen LogP contribution < -0.4 is 16.0 Å². The number of carbonyl (C=O) groups is 3. The molecule has 1 heterocycles. The lowest BCUT2D eigenvalue weighted by atomic mass is 9.98. The van der Waals surface area contributed by atoms with E-state index in [0.717, 1.165) is 16.8 Å². The molecule has 0 saturated heterocycles. The lowest BCUT2D eigenvalue weighted by Crippen LogP contribution is -2.41. The van der Waals surface area contributed by atoms with Gasteiger partial charge in [0.1, 0.15) is 6.04 Å². The Hall–Kier alpha value is -4.13. The largest absolute Gasteiger partial charge is 0.465 e. The molecule has 2 amide bonds. The Morgan fingerprint density at radius 1 is 1.00 bits per heavy atom. The third-order valence-corrected chi connectivity index (χ3v) is 5.25. The van der Waals surface area contributed by atoms with E-state index in [0.29, 0.717) is 23.4 Å². The summed E-state index contributed by atoms with van der Waals surface area (Å²) in [5.41, 5.74) is 9.23. The Morgan fingerprint density at radius 3 is 2.32 bits per heavy atom. The van der Waals surface area contributed by atoms with E-state index in [2.05, 4.69) is 5.32 Å². The van der Waals surface area contributed by atoms with Gasteiger partial charge in [-0.25, -0.2) is 4.79 Å². The second kappa shape index (κ2) is 8.31. The van der Waals surface area contributed by atoms with Crippen molar-refractivity contribution < 1.29 is 19.1 Å². The van der Waals surface area contributed by atoms with Gasteiger partial charge in [-0.3, -0.25) is 9.59 Å². The molecule has 1 atom stereocenters. The summed E-state index contributed by atoms with van der Waals surface area (Å²) in [6.45, 7) is 0.414. The van der Waals surface area contributed by atoms with E-state index in [4.69, 9.17) is 10.5 Å². The zero-order valence-electron chi connectivity index (χ0n) is 16.9. The third-order valence-electron chi connectivity index (χ3n) is 5.25. The first-order valence-electron chi connectivity index (χ1n) is 9.71. The number of primary amides is 1. The molecule has 0 aromatic heterocycles. The normalized spacial score (nSPS) is 15.1. The topological polar surface area (TPSA) is 102 Å². The molecule has 0 saturated carbocycles. The van der Waals surface area contributed by atoms with Gasteiger partial charge >= 0.3 is 5.97 Å². The molecule has 3 aromatic rings. The van der Waals surface area contributed by atoms with Crippen LogP contribution in [0.3, 0.4) is 0 Å². The number of nitrogens with zero attached hydrogens (tertiary/aromatic N) is 1. The van der Waals surface area contributed by atoms with Gasteiger partial charge in [0, 0.05) is 12.1 Å². The second-order valence-electron chi connectivity index (χ2n) is 7.22. The highest BCUT2D eigenvalue weighted by Crippen LogP contribution is 2.39. The number of fused-ring (bicyclic) bond motifs is 1. The highest BCUT2D eigenvalue weighted by Gasteiger charge is 2.34. The van der Waals surface area contributed by atoms with Crippen LogP contribution in [0.2, 0.25) is 0 Å². The number of hydrogen-bond acceptors (Lipinski definition) is 5. The van der Waals surface area contributed by atoms with Crippen LogP contribution >= 0.6 is 0 Å². The molecule has 0 radical (unpaired) electrons. The molecule has 156 valence electrons. The summed E-state index contributed by atoms with van der Waals surface area (Å²) in [6.07, 6.45) is 0. The number of ether oxygens (including phenoxy) is 1. The lowest BCUT2D eigenvalue weighted by molar-refractivity contribution is -0.117. The first-order chi connectivity index (χ1) is 15.0. The molecule has 4 rings (SSSR count). The van der Waals surface area contributed by atoms with E-state index < -0.39 is 17.9 Å². The van der Waals surface area contributed by atoms with Gasteiger partial charge in [0.15, 0.2) is 0 Å². The number of rotatable bonds is 5. The van der Waals surface area contributed by atoms with Crippen LogP contribution in [0.15, 0.2) is 72.8 Å². The minimum Gasteiger partial charge on any atom is -0.465 e. The van der Waals surface area contributed by atoms with Gasteiger partial charge in [0.05, 0.1) is 24.0 Å². The van der Waals surface area contributed by atoms with Crippen molar-refractivity contribution in [3.8, 4) is 0 Å². The van der Waals surface area contributed by atoms with Crippen LogP contribution in [0.1, 0.15) is 37.9 Å². The van der Waals surface area contributed by atoms with Gasteiger partial charge in [-0.05, 0) is 41.5 Å². The number of esters is 1. The van der Waals surface area contributed by atoms with Crippen LogP contribution in [-0.2, 0) is 16.1 Å². The maximum atomic E-state index is 13.1. The Morgan fingerprint density at radius 2 is 1.68 bits per heavy atom. The van der Waals surface area contributed by atoms with Gasteiger partial charge in [-0.1, -0.05) is 42.5 Å². The summed E-state index contributed by atoms with van der Waals surface area (Å²) in [5.74, 6) is -1.17.